The van der Waals surface area contributed by atoms with E-state index < -0.39 is 6.10 Å². The molecule has 0 saturated heterocycles. The molecule has 0 unspecified atom stereocenters. The molecule has 5 heteroatoms. The van der Waals surface area contributed by atoms with Crippen LogP contribution in [0.15, 0.2) is 4.52 Å². The van der Waals surface area contributed by atoms with E-state index in [1.165, 1.54) is 12.8 Å². The van der Waals surface area contributed by atoms with Gasteiger partial charge in [-0.15, -0.1) is 0 Å². The molecule has 0 spiro atoms. The fourth-order valence-electron chi connectivity index (χ4n) is 2.31. The summed E-state index contributed by atoms with van der Waals surface area (Å²) in [5.74, 6) is 1.33. The average molecular weight is 239 g/mol. The number of rotatable bonds is 3. The molecule has 0 bridgehead atoms. The minimum Gasteiger partial charge on any atom is -0.382 e. The molecular formula is C12H21N3O2. The molecule has 0 radical (unpaired) electrons. The first kappa shape index (κ1) is 12.5. The van der Waals surface area contributed by atoms with Gasteiger partial charge in [0.25, 0.3) is 5.89 Å². The fourth-order valence-corrected chi connectivity index (χ4v) is 2.31. The quantitative estimate of drug-likeness (QED) is 0.839. The molecular weight excluding hydrogens is 218 g/mol. The summed E-state index contributed by atoms with van der Waals surface area (Å²) >= 11 is 0. The van der Waals surface area contributed by atoms with Crippen molar-refractivity contribution in [3.63, 3.8) is 0 Å². The first-order chi connectivity index (χ1) is 8.02. The number of nitrogens with zero attached hydrogens (tertiary/aromatic N) is 2. The Morgan fingerprint density at radius 3 is 2.71 bits per heavy atom. The van der Waals surface area contributed by atoms with Gasteiger partial charge in [-0.1, -0.05) is 19.0 Å². The number of nitrogens with two attached hydrogens (primary N) is 1. The van der Waals surface area contributed by atoms with E-state index in [0.29, 0.717) is 11.3 Å². The summed E-state index contributed by atoms with van der Waals surface area (Å²) in [4.78, 5) is 4.24. The Labute approximate surface area is 101 Å². The molecule has 1 fully saturated rings. The third-order valence-electron chi connectivity index (χ3n) is 3.67. The van der Waals surface area contributed by atoms with Crippen molar-refractivity contribution in [2.75, 3.05) is 6.54 Å². The van der Waals surface area contributed by atoms with E-state index >= 15 is 0 Å². The highest BCUT2D eigenvalue weighted by atomic mass is 16.5. The summed E-state index contributed by atoms with van der Waals surface area (Å²) in [6, 6.07) is 0. The maximum Gasteiger partial charge on any atom is 0.256 e. The van der Waals surface area contributed by atoms with Crippen LogP contribution in [0.25, 0.3) is 0 Å². The van der Waals surface area contributed by atoms with Crippen LogP contribution in [-0.4, -0.2) is 21.8 Å². The molecule has 1 aromatic heterocycles. The molecule has 1 aliphatic rings. The molecule has 1 saturated carbocycles. The van der Waals surface area contributed by atoms with Crippen LogP contribution in [0, 0.1) is 5.41 Å². The maximum atomic E-state index is 9.50. The molecule has 0 amide bonds. The first-order valence-electron chi connectivity index (χ1n) is 6.23. The van der Waals surface area contributed by atoms with Gasteiger partial charge in [-0.3, -0.25) is 0 Å². The molecule has 17 heavy (non-hydrogen) atoms. The van der Waals surface area contributed by atoms with E-state index in [0.717, 1.165) is 18.7 Å². The minimum atomic E-state index is -0.837. The smallest absolute Gasteiger partial charge is 0.256 e. The summed E-state index contributed by atoms with van der Waals surface area (Å²) in [6.07, 6.45) is 3.70. The fraction of sp³-hybridized carbons (Fsp3) is 0.833. The normalized spacial score (nSPS) is 22.6. The zero-order valence-corrected chi connectivity index (χ0v) is 10.5. The third-order valence-corrected chi connectivity index (χ3v) is 3.67. The van der Waals surface area contributed by atoms with Crippen LogP contribution in [0.2, 0.25) is 0 Å². The summed E-state index contributed by atoms with van der Waals surface area (Å²) in [5.41, 5.74) is 5.78. The highest BCUT2D eigenvalue weighted by molar-refractivity contribution is 5.00. The van der Waals surface area contributed by atoms with Crippen molar-refractivity contribution >= 4 is 0 Å². The largest absolute Gasteiger partial charge is 0.382 e. The van der Waals surface area contributed by atoms with Crippen molar-refractivity contribution in [2.24, 2.45) is 11.1 Å². The van der Waals surface area contributed by atoms with Crippen molar-refractivity contribution in [3.05, 3.63) is 11.7 Å². The highest BCUT2D eigenvalue weighted by Crippen LogP contribution is 2.41. The van der Waals surface area contributed by atoms with Gasteiger partial charge < -0.3 is 15.4 Å². The van der Waals surface area contributed by atoms with Crippen molar-refractivity contribution in [2.45, 2.75) is 51.6 Å². The molecule has 1 aromatic rings. The van der Waals surface area contributed by atoms with Crippen molar-refractivity contribution in [1.82, 2.24) is 10.1 Å². The second-order valence-electron chi connectivity index (χ2n) is 5.68. The Kier molecular flexibility index (Phi) is 3.49. The lowest BCUT2D eigenvalue weighted by Gasteiger charge is -2.32. The van der Waals surface area contributed by atoms with Crippen LogP contribution in [0.5, 0.6) is 0 Å². The van der Waals surface area contributed by atoms with Gasteiger partial charge in [0, 0.05) is 12.5 Å². The Morgan fingerprint density at radius 1 is 1.47 bits per heavy atom. The molecule has 1 heterocycles. The van der Waals surface area contributed by atoms with Crippen molar-refractivity contribution < 1.29 is 9.63 Å². The van der Waals surface area contributed by atoms with Crippen LogP contribution in [0.1, 0.15) is 63.3 Å². The van der Waals surface area contributed by atoms with Gasteiger partial charge in [-0.2, -0.15) is 4.98 Å². The zero-order valence-electron chi connectivity index (χ0n) is 10.5. The van der Waals surface area contributed by atoms with E-state index in [4.69, 9.17) is 10.3 Å². The van der Waals surface area contributed by atoms with E-state index in [9.17, 15) is 5.11 Å². The predicted molar refractivity (Wildman–Crippen MR) is 63.3 cm³/mol. The Balaban J connectivity index is 2.01. The monoisotopic (exact) mass is 239 g/mol. The van der Waals surface area contributed by atoms with E-state index in [1.54, 1.807) is 0 Å². The number of hydrogen-bond donors (Lipinski definition) is 2. The zero-order chi connectivity index (χ0) is 12.5. The van der Waals surface area contributed by atoms with E-state index in [2.05, 4.69) is 24.0 Å². The summed E-state index contributed by atoms with van der Waals surface area (Å²) in [7, 11) is 0. The van der Waals surface area contributed by atoms with Crippen molar-refractivity contribution in [3.8, 4) is 0 Å². The minimum absolute atomic E-state index is 0.110. The van der Waals surface area contributed by atoms with Gasteiger partial charge in [0.05, 0.1) is 0 Å². The van der Waals surface area contributed by atoms with Crippen LogP contribution < -0.4 is 5.73 Å². The SMILES string of the molecule is CC1(C)CCC(c2noc([C@@H](O)CN)n2)CC1. The number of hydrogen-bond acceptors (Lipinski definition) is 5. The second kappa shape index (κ2) is 4.74. The molecule has 96 valence electrons. The lowest BCUT2D eigenvalue weighted by atomic mass is 9.73. The van der Waals surface area contributed by atoms with Crippen LogP contribution in [0.4, 0.5) is 0 Å². The summed E-state index contributed by atoms with van der Waals surface area (Å²) < 4.78 is 5.03. The van der Waals surface area contributed by atoms with Gasteiger partial charge in [0.15, 0.2) is 5.82 Å². The molecule has 1 aliphatic carbocycles. The number of aliphatic hydroxyl groups is 1. The Morgan fingerprint density at radius 2 is 2.12 bits per heavy atom. The molecule has 0 aliphatic heterocycles. The van der Waals surface area contributed by atoms with E-state index in [-0.39, 0.29) is 12.4 Å². The van der Waals surface area contributed by atoms with Crippen LogP contribution >= 0.6 is 0 Å². The third kappa shape index (κ3) is 2.84. The van der Waals surface area contributed by atoms with Crippen LogP contribution in [-0.2, 0) is 0 Å². The van der Waals surface area contributed by atoms with Crippen molar-refractivity contribution in [1.29, 1.82) is 0 Å². The molecule has 5 nitrogen and oxygen atoms in total. The van der Waals surface area contributed by atoms with Gasteiger partial charge in [-0.05, 0) is 31.1 Å². The molecule has 1 atom stereocenters. The van der Waals surface area contributed by atoms with E-state index in [1.807, 2.05) is 0 Å². The average Bonchev–Trinajstić information content (AvgIpc) is 2.77. The number of aliphatic hydroxyl groups excluding tert-OH is 1. The van der Waals surface area contributed by atoms with Gasteiger partial charge in [-0.25, -0.2) is 0 Å². The summed E-state index contributed by atoms with van der Waals surface area (Å²) in [6.45, 7) is 4.70. The lowest BCUT2D eigenvalue weighted by molar-refractivity contribution is 0.141. The second-order valence-corrected chi connectivity index (χ2v) is 5.68. The predicted octanol–water partition coefficient (Wildman–Crippen LogP) is 1.75. The number of aromatic nitrogens is 2. The molecule has 2 rings (SSSR count). The van der Waals surface area contributed by atoms with Gasteiger partial charge in [0.1, 0.15) is 6.10 Å². The highest BCUT2D eigenvalue weighted by Gasteiger charge is 2.30. The lowest BCUT2D eigenvalue weighted by Crippen LogP contribution is -2.20. The molecule has 3 N–H and O–H groups in total. The van der Waals surface area contributed by atoms with Crippen LogP contribution in [0.3, 0.4) is 0 Å². The first-order valence-corrected chi connectivity index (χ1v) is 6.23. The molecule has 0 aromatic carbocycles. The Bertz CT molecular complexity index is 366. The van der Waals surface area contributed by atoms with Gasteiger partial charge in [0.2, 0.25) is 0 Å². The maximum absolute atomic E-state index is 9.50. The summed E-state index contributed by atoms with van der Waals surface area (Å²) in [5, 5.41) is 13.5. The van der Waals surface area contributed by atoms with Gasteiger partial charge >= 0.3 is 0 Å². The standard InChI is InChI=1S/C12H21N3O2/c1-12(2)5-3-8(4-6-12)10-14-11(17-15-10)9(16)7-13/h8-9,16H,3-7,13H2,1-2H3/t9-/m0/s1. The topological polar surface area (TPSA) is 85.2 Å². The Hall–Kier alpha value is -0.940.